The molecule has 2 rings (SSSR count). The fraction of sp³-hybridized carbons (Fsp3) is 0.375. The van der Waals surface area contributed by atoms with Crippen LogP contribution in [0.4, 0.5) is 5.69 Å². The van der Waals surface area contributed by atoms with E-state index in [9.17, 15) is 0 Å². The first-order valence-electron chi connectivity index (χ1n) is 6.79. The summed E-state index contributed by atoms with van der Waals surface area (Å²) in [5.74, 6) is 0. The Morgan fingerprint density at radius 1 is 1.25 bits per heavy atom. The van der Waals surface area contributed by atoms with Crippen molar-refractivity contribution < 1.29 is 0 Å². The molecule has 4 heteroatoms. The number of aryl methyl sites for hydroxylation is 1. The number of hydrogen-bond acceptors (Lipinski definition) is 4. The highest BCUT2D eigenvalue weighted by molar-refractivity contribution is 7.15. The summed E-state index contributed by atoms with van der Waals surface area (Å²) in [7, 11) is 4.06. The van der Waals surface area contributed by atoms with E-state index in [0.29, 0.717) is 6.42 Å². The molecule has 0 aliphatic rings. The van der Waals surface area contributed by atoms with Gasteiger partial charge in [0.05, 0.1) is 18.2 Å². The van der Waals surface area contributed by atoms with Crippen LogP contribution in [0.25, 0.3) is 10.6 Å². The lowest BCUT2D eigenvalue weighted by molar-refractivity contribution is 0.881. The lowest BCUT2D eigenvalue weighted by Crippen LogP contribution is -2.07. The molecule has 0 saturated carbocycles. The van der Waals surface area contributed by atoms with Crippen LogP contribution in [0.5, 0.6) is 0 Å². The molecule has 3 nitrogen and oxygen atoms in total. The molecule has 0 saturated heterocycles. The second-order valence-corrected chi connectivity index (χ2v) is 6.00. The molecule has 0 aliphatic carbocycles. The van der Waals surface area contributed by atoms with Crippen molar-refractivity contribution in [2.24, 2.45) is 0 Å². The quantitative estimate of drug-likeness (QED) is 0.836. The van der Waals surface area contributed by atoms with Gasteiger partial charge < -0.3 is 4.90 Å². The number of benzene rings is 1. The molecule has 1 aromatic heterocycles. The average Bonchev–Trinajstić information content (AvgIpc) is 2.83. The minimum atomic E-state index is 0.461. The van der Waals surface area contributed by atoms with E-state index >= 15 is 0 Å². The van der Waals surface area contributed by atoms with Crippen molar-refractivity contribution in [3.05, 3.63) is 34.8 Å². The maximum atomic E-state index is 8.91. The van der Waals surface area contributed by atoms with Gasteiger partial charge in [-0.2, -0.15) is 5.26 Å². The monoisotopic (exact) mass is 285 g/mol. The Morgan fingerprint density at radius 3 is 2.50 bits per heavy atom. The fourth-order valence-electron chi connectivity index (χ4n) is 2.05. The molecule has 0 fully saturated rings. The Labute approximate surface area is 124 Å². The first-order chi connectivity index (χ1) is 9.65. The van der Waals surface area contributed by atoms with Crippen molar-refractivity contribution in [2.75, 3.05) is 19.0 Å². The molecule has 0 atom stereocenters. The van der Waals surface area contributed by atoms with Gasteiger partial charge >= 0.3 is 0 Å². The minimum Gasteiger partial charge on any atom is -0.378 e. The number of nitrogens with zero attached hydrogens (tertiary/aromatic N) is 3. The van der Waals surface area contributed by atoms with Gasteiger partial charge in [0, 0.05) is 30.2 Å². The molecule has 0 N–H and O–H groups in total. The first-order valence-corrected chi connectivity index (χ1v) is 7.60. The number of thiazole rings is 1. The molecule has 0 spiro atoms. The van der Waals surface area contributed by atoms with Gasteiger partial charge in [0.1, 0.15) is 5.01 Å². The molecule has 0 amide bonds. The van der Waals surface area contributed by atoms with E-state index in [2.05, 4.69) is 42.2 Å². The van der Waals surface area contributed by atoms with E-state index in [0.717, 1.165) is 34.0 Å². The third-order valence-electron chi connectivity index (χ3n) is 3.14. The third-order valence-corrected chi connectivity index (χ3v) is 4.28. The number of nitriles is 1. The maximum Gasteiger partial charge on any atom is 0.123 e. The molecule has 0 aliphatic heterocycles. The summed E-state index contributed by atoms with van der Waals surface area (Å²) in [5, 5.41) is 9.93. The van der Waals surface area contributed by atoms with E-state index in [1.165, 1.54) is 5.69 Å². The summed E-state index contributed by atoms with van der Waals surface area (Å²) < 4.78 is 0. The smallest absolute Gasteiger partial charge is 0.123 e. The number of hydrogen-bond donors (Lipinski definition) is 0. The van der Waals surface area contributed by atoms with Crippen molar-refractivity contribution >= 4 is 17.0 Å². The Morgan fingerprint density at radius 2 is 1.95 bits per heavy atom. The molecule has 104 valence electrons. The predicted octanol–water partition coefficient (Wildman–Crippen LogP) is 3.89. The molecular formula is C16H19N3S. The Hall–Kier alpha value is -1.86. The molecule has 0 unspecified atom stereocenters. The van der Waals surface area contributed by atoms with E-state index in [1.54, 1.807) is 11.3 Å². The Kier molecular flexibility index (Phi) is 4.75. The molecule has 1 heterocycles. The summed E-state index contributed by atoms with van der Waals surface area (Å²) in [5.41, 5.74) is 3.39. The number of anilines is 1. The van der Waals surface area contributed by atoms with Crippen LogP contribution in [0.1, 0.15) is 23.9 Å². The van der Waals surface area contributed by atoms with Gasteiger partial charge in [-0.05, 0) is 30.7 Å². The van der Waals surface area contributed by atoms with Crippen LogP contribution >= 0.6 is 11.3 Å². The van der Waals surface area contributed by atoms with Crippen molar-refractivity contribution in [3.63, 3.8) is 0 Å². The zero-order chi connectivity index (χ0) is 14.5. The van der Waals surface area contributed by atoms with Crippen LogP contribution in [0.3, 0.4) is 0 Å². The molecular weight excluding hydrogens is 266 g/mol. The number of aromatic nitrogens is 1. The number of rotatable bonds is 5. The second-order valence-electron chi connectivity index (χ2n) is 4.92. The van der Waals surface area contributed by atoms with Crippen LogP contribution in [0, 0.1) is 11.3 Å². The van der Waals surface area contributed by atoms with Crippen LogP contribution in [-0.2, 0) is 12.8 Å². The lowest BCUT2D eigenvalue weighted by Gasteiger charge is -2.11. The van der Waals surface area contributed by atoms with Gasteiger partial charge in [-0.15, -0.1) is 11.3 Å². The largest absolute Gasteiger partial charge is 0.378 e. The Bertz CT molecular complexity index is 606. The summed E-state index contributed by atoms with van der Waals surface area (Å²) in [6, 6.07) is 10.6. The highest BCUT2D eigenvalue weighted by Crippen LogP contribution is 2.30. The molecule has 0 bridgehead atoms. The summed E-state index contributed by atoms with van der Waals surface area (Å²) in [6.45, 7) is 2.14. The van der Waals surface area contributed by atoms with Crippen LogP contribution < -0.4 is 4.90 Å². The summed E-state index contributed by atoms with van der Waals surface area (Å²) in [4.78, 5) is 7.91. The lowest BCUT2D eigenvalue weighted by atomic mass is 10.2. The van der Waals surface area contributed by atoms with Gasteiger partial charge in [-0.25, -0.2) is 4.98 Å². The van der Waals surface area contributed by atoms with E-state index in [4.69, 9.17) is 10.2 Å². The van der Waals surface area contributed by atoms with Gasteiger partial charge in [-0.3, -0.25) is 0 Å². The van der Waals surface area contributed by atoms with Gasteiger partial charge in [0.2, 0.25) is 0 Å². The molecule has 20 heavy (non-hydrogen) atoms. The van der Waals surface area contributed by atoms with Gasteiger partial charge in [-0.1, -0.05) is 13.3 Å². The van der Waals surface area contributed by atoms with Gasteiger partial charge in [0.15, 0.2) is 0 Å². The SMILES string of the molecule is CCCc1nc(-c2ccc(N(C)C)cc2)sc1CC#N. The third kappa shape index (κ3) is 3.17. The summed E-state index contributed by atoms with van der Waals surface area (Å²) >= 11 is 1.64. The minimum absolute atomic E-state index is 0.461. The van der Waals surface area contributed by atoms with E-state index in [1.807, 2.05) is 14.1 Å². The summed E-state index contributed by atoms with van der Waals surface area (Å²) in [6.07, 6.45) is 2.47. The maximum absolute atomic E-state index is 8.91. The first kappa shape index (κ1) is 14.5. The van der Waals surface area contributed by atoms with Crippen LogP contribution in [-0.4, -0.2) is 19.1 Å². The highest BCUT2D eigenvalue weighted by Gasteiger charge is 2.11. The van der Waals surface area contributed by atoms with Crippen molar-refractivity contribution in [1.29, 1.82) is 5.26 Å². The van der Waals surface area contributed by atoms with Crippen molar-refractivity contribution in [3.8, 4) is 16.6 Å². The molecule has 2 aromatic rings. The highest BCUT2D eigenvalue weighted by atomic mass is 32.1. The topological polar surface area (TPSA) is 39.9 Å². The molecule has 1 aromatic carbocycles. The Balaban J connectivity index is 2.32. The zero-order valence-corrected chi connectivity index (χ0v) is 13.0. The van der Waals surface area contributed by atoms with Crippen LogP contribution in [0.2, 0.25) is 0 Å². The van der Waals surface area contributed by atoms with Crippen LogP contribution in [0.15, 0.2) is 24.3 Å². The van der Waals surface area contributed by atoms with Gasteiger partial charge in [0.25, 0.3) is 0 Å². The van der Waals surface area contributed by atoms with Crippen molar-refractivity contribution in [1.82, 2.24) is 4.98 Å². The van der Waals surface area contributed by atoms with E-state index in [-0.39, 0.29) is 0 Å². The second kappa shape index (κ2) is 6.53. The van der Waals surface area contributed by atoms with Crippen molar-refractivity contribution in [2.45, 2.75) is 26.2 Å². The normalized spacial score (nSPS) is 10.3. The fourth-order valence-corrected chi connectivity index (χ4v) is 3.10. The standard InChI is InChI=1S/C16H19N3S/c1-4-5-14-15(10-11-17)20-16(18-14)12-6-8-13(9-7-12)19(2)3/h6-9H,4-5,10H2,1-3H3. The van der Waals surface area contributed by atoms with E-state index < -0.39 is 0 Å². The predicted molar refractivity (Wildman–Crippen MR) is 85.2 cm³/mol. The molecule has 0 radical (unpaired) electrons. The zero-order valence-electron chi connectivity index (χ0n) is 12.2. The average molecular weight is 285 g/mol.